The Bertz CT molecular complexity index is 1200. The summed E-state index contributed by atoms with van der Waals surface area (Å²) in [5.41, 5.74) is 1.05. The summed E-state index contributed by atoms with van der Waals surface area (Å²) >= 11 is 9.18. The number of hydrogen-bond donors (Lipinski definition) is 1. The number of aromatic nitrogens is 2. The molecule has 0 amide bonds. The average molecular weight is 513 g/mol. The molecule has 0 aliphatic carbocycles. The molecule has 0 aliphatic rings. The number of ether oxygens (including phenoxy) is 1. The predicted molar refractivity (Wildman–Crippen MR) is 119 cm³/mol. The van der Waals surface area contributed by atoms with Gasteiger partial charge in [0.1, 0.15) is 10.6 Å². The first-order valence-corrected chi connectivity index (χ1v) is 11.7. The van der Waals surface area contributed by atoms with Gasteiger partial charge in [0.2, 0.25) is 10.0 Å². The number of rotatable bonds is 8. The van der Waals surface area contributed by atoms with Gasteiger partial charge in [-0.25, -0.2) is 17.8 Å². The van der Waals surface area contributed by atoms with Crippen molar-refractivity contribution in [1.29, 1.82) is 0 Å². The summed E-state index contributed by atoms with van der Waals surface area (Å²) in [6.07, 6.45) is 0. The molecule has 3 aromatic rings. The van der Waals surface area contributed by atoms with E-state index in [1.807, 2.05) is 0 Å². The minimum Gasteiger partial charge on any atom is -0.492 e. The SMILES string of the molecule is CCOc1ccc(Br)cc1S(=O)(=O)NCCn1nc(-c2ccc(Cl)cc2)ccc1=O. The Labute approximate surface area is 187 Å². The Morgan fingerprint density at radius 2 is 1.87 bits per heavy atom. The Morgan fingerprint density at radius 3 is 2.57 bits per heavy atom. The van der Waals surface area contributed by atoms with Gasteiger partial charge in [-0.05, 0) is 43.3 Å². The Hall–Kier alpha value is -2.20. The van der Waals surface area contributed by atoms with Gasteiger partial charge in [0.25, 0.3) is 5.56 Å². The lowest BCUT2D eigenvalue weighted by Gasteiger charge is -2.13. The number of sulfonamides is 1. The largest absolute Gasteiger partial charge is 0.492 e. The third-order valence-corrected chi connectivity index (χ3v) is 6.34. The van der Waals surface area contributed by atoms with Crippen LogP contribution >= 0.6 is 27.5 Å². The third-order valence-electron chi connectivity index (χ3n) is 4.12. The van der Waals surface area contributed by atoms with Crippen LogP contribution in [0, 0.1) is 0 Å². The first-order chi connectivity index (χ1) is 14.3. The Morgan fingerprint density at radius 1 is 1.13 bits per heavy atom. The molecule has 1 N–H and O–H groups in total. The maximum Gasteiger partial charge on any atom is 0.266 e. The molecule has 7 nitrogen and oxygen atoms in total. The van der Waals surface area contributed by atoms with E-state index in [-0.39, 0.29) is 29.3 Å². The van der Waals surface area contributed by atoms with Crippen molar-refractivity contribution in [3.05, 3.63) is 74.4 Å². The monoisotopic (exact) mass is 511 g/mol. The summed E-state index contributed by atoms with van der Waals surface area (Å²) in [7, 11) is -3.85. The van der Waals surface area contributed by atoms with Crippen LogP contribution < -0.4 is 15.0 Å². The first kappa shape index (κ1) is 22.5. The summed E-state index contributed by atoms with van der Waals surface area (Å²) in [6.45, 7) is 2.16. The molecule has 0 unspecified atom stereocenters. The summed E-state index contributed by atoms with van der Waals surface area (Å²) < 4.78 is 35.2. The van der Waals surface area contributed by atoms with Crippen molar-refractivity contribution in [2.75, 3.05) is 13.2 Å². The zero-order chi connectivity index (χ0) is 21.7. The summed E-state index contributed by atoms with van der Waals surface area (Å²) in [6, 6.07) is 14.8. The highest BCUT2D eigenvalue weighted by Gasteiger charge is 2.20. The van der Waals surface area contributed by atoms with Crippen LogP contribution in [0.5, 0.6) is 5.75 Å². The minimum atomic E-state index is -3.85. The van der Waals surface area contributed by atoms with E-state index in [9.17, 15) is 13.2 Å². The van der Waals surface area contributed by atoms with Gasteiger partial charge in [-0.1, -0.05) is 39.7 Å². The molecule has 158 valence electrons. The van der Waals surface area contributed by atoms with Crippen molar-refractivity contribution in [3.8, 4) is 17.0 Å². The van der Waals surface area contributed by atoms with Crippen molar-refractivity contribution in [3.63, 3.8) is 0 Å². The van der Waals surface area contributed by atoms with Gasteiger partial charge >= 0.3 is 0 Å². The van der Waals surface area contributed by atoms with Gasteiger partial charge in [0.05, 0.1) is 18.8 Å². The zero-order valence-electron chi connectivity index (χ0n) is 16.0. The second kappa shape index (κ2) is 9.74. The van der Waals surface area contributed by atoms with Crippen LogP contribution in [0.3, 0.4) is 0 Å². The van der Waals surface area contributed by atoms with Crippen molar-refractivity contribution in [2.24, 2.45) is 0 Å². The first-order valence-electron chi connectivity index (χ1n) is 9.06. The van der Waals surface area contributed by atoms with Gasteiger partial charge in [-0.2, -0.15) is 5.10 Å². The second-order valence-electron chi connectivity index (χ2n) is 6.21. The highest BCUT2D eigenvalue weighted by molar-refractivity contribution is 9.10. The van der Waals surface area contributed by atoms with Gasteiger partial charge in [0, 0.05) is 27.7 Å². The average Bonchev–Trinajstić information content (AvgIpc) is 2.71. The molecule has 0 fully saturated rings. The molecule has 0 radical (unpaired) electrons. The topological polar surface area (TPSA) is 90.3 Å². The number of halogens is 2. The maximum absolute atomic E-state index is 12.7. The lowest BCUT2D eigenvalue weighted by molar-refractivity contribution is 0.331. The molecule has 1 heterocycles. The molecule has 0 bridgehead atoms. The molecule has 1 aromatic heterocycles. The fourth-order valence-corrected chi connectivity index (χ4v) is 4.54. The van der Waals surface area contributed by atoms with Gasteiger partial charge in [-0.15, -0.1) is 0 Å². The maximum atomic E-state index is 12.7. The number of nitrogens with one attached hydrogen (secondary N) is 1. The molecule has 2 aromatic carbocycles. The van der Waals surface area contributed by atoms with Crippen molar-refractivity contribution in [2.45, 2.75) is 18.4 Å². The van der Waals surface area contributed by atoms with E-state index >= 15 is 0 Å². The van der Waals surface area contributed by atoms with Crippen LogP contribution in [0.1, 0.15) is 6.92 Å². The summed E-state index contributed by atoms with van der Waals surface area (Å²) in [5, 5.41) is 4.92. The van der Waals surface area contributed by atoms with Crippen molar-refractivity contribution >= 4 is 37.6 Å². The van der Waals surface area contributed by atoms with E-state index in [0.29, 0.717) is 21.8 Å². The van der Waals surface area contributed by atoms with E-state index in [2.05, 4.69) is 25.8 Å². The van der Waals surface area contributed by atoms with Crippen LogP contribution in [-0.4, -0.2) is 31.3 Å². The van der Waals surface area contributed by atoms with Crippen molar-refractivity contribution in [1.82, 2.24) is 14.5 Å². The third kappa shape index (κ3) is 5.48. The van der Waals surface area contributed by atoms with E-state index in [1.165, 1.54) is 16.8 Å². The molecule has 30 heavy (non-hydrogen) atoms. The fraction of sp³-hybridized carbons (Fsp3) is 0.200. The van der Waals surface area contributed by atoms with E-state index in [1.54, 1.807) is 49.4 Å². The van der Waals surface area contributed by atoms with E-state index < -0.39 is 10.0 Å². The summed E-state index contributed by atoms with van der Waals surface area (Å²) in [5.74, 6) is 0.258. The molecular weight excluding hydrogens is 494 g/mol. The summed E-state index contributed by atoms with van der Waals surface area (Å²) in [4.78, 5) is 12.2. The molecule has 0 spiro atoms. The normalized spacial score (nSPS) is 11.4. The van der Waals surface area contributed by atoms with Crippen molar-refractivity contribution < 1.29 is 13.2 Å². The lowest BCUT2D eigenvalue weighted by atomic mass is 10.1. The highest BCUT2D eigenvalue weighted by Crippen LogP contribution is 2.27. The van der Waals surface area contributed by atoms with Gasteiger partial charge < -0.3 is 4.74 Å². The van der Waals surface area contributed by atoms with Crippen LogP contribution in [0.25, 0.3) is 11.3 Å². The molecule has 3 rings (SSSR count). The fourth-order valence-electron chi connectivity index (χ4n) is 2.71. The Kier molecular flexibility index (Phi) is 7.30. The van der Waals surface area contributed by atoms with E-state index in [0.717, 1.165) is 5.56 Å². The standard InChI is InChI=1S/C20H19BrClN3O4S/c1-2-29-18-9-5-15(21)13-19(18)30(27,28)23-11-12-25-20(26)10-8-17(24-25)14-3-6-16(22)7-4-14/h3-10,13,23H,2,11-12H2,1H3. The minimum absolute atomic E-state index is 0.0165. The molecule has 0 saturated carbocycles. The predicted octanol–water partition coefficient (Wildman–Crippen LogP) is 3.70. The van der Waals surface area contributed by atoms with Crippen LogP contribution in [0.15, 0.2) is 68.8 Å². The van der Waals surface area contributed by atoms with Crippen LogP contribution in [0.4, 0.5) is 0 Å². The molecular formula is C20H19BrClN3O4S. The number of benzene rings is 2. The lowest BCUT2D eigenvalue weighted by Crippen LogP contribution is -2.32. The van der Waals surface area contributed by atoms with Gasteiger partial charge in [-0.3, -0.25) is 4.79 Å². The van der Waals surface area contributed by atoms with Crippen LogP contribution in [0.2, 0.25) is 5.02 Å². The van der Waals surface area contributed by atoms with Crippen LogP contribution in [-0.2, 0) is 16.6 Å². The Balaban J connectivity index is 1.76. The number of hydrogen-bond acceptors (Lipinski definition) is 5. The van der Waals surface area contributed by atoms with Gasteiger partial charge in [0.15, 0.2) is 0 Å². The molecule has 0 aliphatic heterocycles. The number of nitrogens with zero attached hydrogens (tertiary/aromatic N) is 2. The highest BCUT2D eigenvalue weighted by atomic mass is 79.9. The smallest absolute Gasteiger partial charge is 0.266 e. The second-order valence-corrected chi connectivity index (χ2v) is 9.30. The zero-order valence-corrected chi connectivity index (χ0v) is 19.2. The molecule has 0 atom stereocenters. The molecule has 10 heteroatoms. The van der Waals surface area contributed by atoms with E-state index in [4.69, 9.17) is 16.3 Å². The molecule has 0 saturated heterocycles. The quantitative estimate of drug-likeness (QED) is 0.497.